The molecule has 1 unspecified atom stereocenters. The highest BCUT2D eigenvalue weighted by Crippen LogP contribution is 2.50. The number of benzene rings is 2. The van der Waals surface area contributed by atoms with E-state index >= 15 is 4.79 Å². The van der Waals surface area contributed by atoms with Crippen LogP contribution in [-0.2, 0) is 20.4 Å². The lowest BCUT2D eigenvalue weighted by Crippen LogP contribution is -2.58. The number of likely N-dealkylation sites (tertiary alicyclic amines) is 2. The molecule has 1 aromatic heterocycles. The lowest BCUT2D eigenvalue weighted by molar-refractivity contribution is -0.121. The molecule has 4 heterocycles. The molecule has 0 saturated carbocycles. The van der Waals surface area contributed by atoms with Crippen LogP contribution in [0.5, 0.6) is 11.6 Å². The summed E-state index contributed by atoms with van der Waals surface area (Å²) in [7, 11) is -2.43. The third kappa shape index (κ3) is 6.46. The van der Waals surface area contributed by atoms with Gasteiger partial charge >= 0.3 is 6.03 Å². The second-order valence-electron chi connectivity index (χ2n) is 13.1. The molecule has 0 radical (unpaired) electrons. The number of sulfonamides is 1. The third-order valence-electron chi connectivity index (χ3n) is 9.98. The van der Waals surface area contributed by atoms with Gasteiger partial charge in [-0.05, 0) is 120 Å². The van der Waals surface area contributed by atoms with Crippen LogP contribution in [0, 0.1) is 18.8 Å². The number of hydrogen-bond acceptors (Lipinski definition) is 8. The molecule has 262 valence electrons. The van der Waals surface area contributed by atoms with E-state index in [9.17, 15) is 13.2 Å². The van der Waals surface area contributed by atoms with Gasteiger partial charge in [0.05, 0.1) is 24.5 Å². The van der Waals surface area contributed by atoms with Gasteiger partial charge < -0.3 is 24.6 Å². The summed E-state index contributed by atoms with van der Waals surface area (Å²) in [6, 6.07) is 11.9. The van der Waals surface area contributed by atoms with Gasteiger partial charge in [-0.25, -0.2) is 18.2 Å². The first-order chi connectivity index (χ1) is 23.5. The number of fused-ring (bicyclic) bond motifs is 1. The quantitative estimate of drug-likeness (QED) is 0.306. The van der Waals surface area contributed by atoms with Crippen LogP contribution >= 0.6 is 11.6 Å². The highest BCUT2D eigenvalue weighted by Gasteiger charge is 2.59. The van der Waals surface area contributed by atoms with Crippen LogP contribution in [-0.4, -0.2) is 81.6 Å². The van der Waals surface area contributed by atoms with E-state index in [-0.39, 0.29) is 51.6 Å². The number of aryl methyl sites for hydroxylation is 1. The first-order valence-corrected chi connectivity index (χ1v) is 18.8. The molecule has 0 aliphatic carbocycles. The van der Waals surface area contributed by atoms with E-state index in [2.05, 4.69) is 22.2 Å². The maximum atomic E-state index is 15.2. The van der Waals surface area contributed by atoms with Crippen molar-refractivity contribution in [3.05, 3.63) is 76.4 Å². The minimum atomic E-state index is -4.58. The topological polar surface area (TPSA) is 121 Å². The number of hydrogen-bond donors (Lipinski definition) is 1. The maximum absolute atomic E-state index is 15.2. The van der Waals surface area contributed by atoms with Crippen molar-refractivity contribution in [1.82, 2.24) is 20.1 Å². The van der Waals surface area contributed by atoms with Crippen molar-refractivity contribution >= 4 is 39.2 Å². The number of aromatic nitrogens is 1. The van der Waals surface area contributed by atoms with Gasteiger partial charge in [-0.15, -0.1) is 0 Å². The normalized spacial score (nSPS) is 20.7. The van der Waals surface area contributed by atoms with Gasteiger partial charge in [-0.2, -0.15) is 4.31 Å². The smallest absolute Gasteiger partial charge is 0.318 e. The predicted molar refractivity (Wildman–Crippen MR) is 188 cm³/mol. The Morgan fingerprint density at radius 1 is 0.959 bits per heavy atom. The second-order valence-corrected chi connectivity index (χ2v) is 15.3. The molecule has 13 heteroatoms. The van der Waals surface area contributed by atoms with Crippen molar-refractivity contribution in [3.63, 3.8) is 0 Å². The fourth-order valence-corrected chi connectivity index (χ4v) is 9.25. The number of ether oxygens (including phenoxy) is 2. The van der Waals surface area contributed by atoms with Crippen LogP contribution in [0.4, 0.5) is 10.5 Å². The average molecular weight is 710 g/mol. The molecule has 3 aliphatic heterocycles. The number of urea groups is 1. The number of carbonyl (C=O) groups is 2. The Balaban J connectivity index is 1.45. The predicted octanol–water partition coefficient (Wildman–Crippen LogP) is 5.58. The van der Waals surface area contributed by atoms with Crippen molar-refractivity contribution in [2.24, 2.45) is 11.8 Å². The molecular weight excluding hydrogens is 666 g/mol. The van der Waals surface area contributed by atoms with Crippen LogP contribution in [0.3, 0.4) is 0 Å². The molecule has 49 heavy (non-hydrogen) atoms. The van der Waals surface area contributed by atoms with Crippen molar-refractivity contribution in [3.8, 4) is 11.6 Å². The zero-order valence-corrected chi connectivity index (χ0v) is 30.0. The van der Waals surface area contributed by atoms with Crippen molar-refractivity contribution in [2.75, 3.05) is 50.7 Å². The average Bonchev–Trinajstić information content (AvgIpc) is 3.34. The van der Waals surface area contributed by atoms with Gasteiger partial charge in [0.25, 0.3) is 15.9 Å². The van der Waals surface area contributed by atoms with Gasteiger partial charge in [-0.3, -0.25) is 4.79 Å². The molecule has 0 bridgehead atoms. The number of halogens is 1. The highest BCUT2D eigenvalue weighted by molar-refractivity contribution is 7.93. The molecule has 0 spiro atoms. The van der Waals surface area contributed by atoms with E-state index < -0.39 is 27.5 Å². The summed E-state index contributed by atoms with van der Waals surface area (Å²) in [6.07, 6.45) is 5.62. The fourth-order valence-electron chi connectivity index (χ4n) is 7.48. The summed E-state index contributed by atoms with van der Waals surface area (Å²) in [6.45, 7) is 8.98. The molecule has 6 rings (SSSR count). The Hall–Kier alpha value is -3.87. The van der Waals surface area contributed by atoms with E-state index in [0.717, 1.165) is 43.1 Å². The summed E-state index contributed by atoms with van der Waals surface area (Å²) < 4.78 is 41.6. The van der Waals surface area contributed by atoms with Crippen LogP contribution in [0.1, 0.15) is 56.2 Å². The third-order valence-corrected chi connectivity index (χ3v) is 11.9. The van der Waals surface area contributed by atoms with E-state index in [0.29, 0.717) is 30.5 Å². The fraction of sp³-hybridized carbons (Fsp3) is 0.472. The lowest BCUT2D eigenvalue weighted by Gasteiger charge is -2.40. The summed E-state index contributed by atoms with van der Waals surface area (Å²) in [5.41, 5.74) is -0.880. The van der Waals surface area contributed by atoms with Gasteiger partial charge in [-0.1, -0.05) is 23.7 Å². The number of amides is 3. The highest BCUT2D eigenvalue weighted by atomic mass is 35.5. The van der Waals surface area contributed by atoms with E-state index in [4.69, 9.17) is 21.1 Å². The lowest BCUT2D eigenvalue weighted by atomic mass is 9.79. The molecule has 11 nitrogen and oxygen atoms in total. The van der Waals surface area contributed by atoms with Crippen molar-refractivity contribution < 1.29 is 27.5 Å². The number of nitrogens with zero attached hydrogens (tertiary/aromatic N) is 4. The van der Waals surface area contributed by atoms with Crippen LogP contribution in [0.25, 0.3) is 0 Å². The molecule has 1 N–H and O–H groups in total. The molecule has 3 aromatic rings. The number of nitrogens with one attached hydrogen (secondary N) is 1. The summed E-state index contributed by atoms with van der Waals surface area (Å²) in [5, 5.41) is 3.31. The second kappa shape index (κ2) is 14.2. The molecular formula is C36H44ClN5O6S. The van der Waals surface area contributed by atoms with Crippen LogP contribution in [0.15, 0.2) is 59.6 Å². The minimum Gasteiger partial charge on any atom is -0.492 e. The minimum absolute atomic E-state index is 0.0610. The molecule has 2 fully saturated rings. The summed E-state index contributed by atoms with van der Waals surface area (Å²) in [4.78, 5) is 38.0. The van der Waals surface area contributed by atoms with Gasteiger partial charge in [0.15, 0.2) is 5.54 Å². The number of anilines is 1. The molecule has 2 saturated heterocycles. The first kappa shape index (κ1) is 35.0. The Morgan fingerprint density at radius 3 is 2.29 bits per heavy atom. The zero-order chi connectivity index (χ0) is 34.9. The van der Waals surface area contributed by atoms with E-state index in [1.807, 2.05) is 0 Å². The van der Waals surface area contributed by atoms with Gasteiger partial charge in [0, 0.05) is 29.9 Å². The van der Waals surface area contributed by atoms with E-state index in [1.54, 1.807) is 56.1 Å². The molecule has 3 aliphatic rings. The SMILES string of the molecule is CCOc1ccccc1S(=O)(=O)N1C(=O)C(NC(=O)N2CCC(C3CCN(C)CC3)CC2)(c2cc(C)cnc2OCC)c2cc(Cl)ccc21. The largest absolute Gasteiger partial charge is 0.492 e. The first-order valence-electron chi connectivity index (χ1n) is 17.0. The van der Waals surface area contributed by atoms with Crippen molar-refractivity contribution in [2.45, 2.75) is 56.9 Å². The Labute approximate surface area is 293 Å². The molecule has 2 aromatic carbocycles. The standard InChI is InChI=1S/C36H44ClN5O6S/c1-5-47-31-9-7-8-10-32(31)49(45,46)42-30-12-11-27(37)22-28(30)36(34(42)43,29-21-24(3)23-38-33(29)48-6-2)39-35(44)41-19-15-26(16-20-41)25-13-17-40(4)18-14-25/h7-12,21-23,25-26H,5-6,13-20H2,1-4H3,(H,39,44). The maximum Gasteiger partial charge on any atom is 0.318 e. The Morgan fingerprint density at radius 2 is 1.61 bits per heavy atom. The Kier molecular flexibility index (Phi) is 10.1. The number of para-hydroxylation sites is 1. The zero-order valence-electron chi connectivity index (χ0n) is 28.4. The number of pyridine rings is 1. The van der Waals surface area contributed by atoms with Gasteiger partial charge in [0.2, 0.25) is 5.88 Å². The van der Waals surface area contributed by atoms with Crippen molar-refractivity contribution in [1.29, 1.82) is 0 Å². The summed E-state index contributed by atoms with van der Waals surface area (Å²) >= 11 is 6.58. The number of rotatable bonds is 9. The van der Waals surface area contributed by atoms with Crippen LogP contribution in [0.2, 0.25) is 5.02 Å². The van der Waals surface area contributed by atoms with Gasteiger partial charge in [0.1, 0.15) is 10.6 Å². The van der Waals surface area contributed by atoms with Crippen LogP contribution < -0.4 is 19.1 Å². The van der Waals surface area contributed by atoms with E-state index in [1.165, 1.54) is 24.3 Å². The monoisotopic (exact) mass is 709 g/mol. The Bertz CT molecular complexity index is 1820. The summed E-state index contributed by atoms with van der Waals surface area (Å²) in [5.74, 6) is 0.454. The number of piperidine rings is 2. The number of carbonyl (C=O) groups excluding carboxylic acids is 2. The molecule has 1 atom stereocenters. The molecule has 3 amide bonds.